The van der Waals surface area contributed by atoms with Crippen molar-refractivity contribution in [2.45, 2.75) is 39.0 Å². The number of aryl methyl sites for hydroxylation is 2. The van der Waals surface area contributed by atoms with Gasteiger partial charge in [-0.2, -0.15) is 4.31 Å². The smallest absolute Gasteiger partial charge is 0.207 e. The molecule has 1 aliphatic rings. The van der Waals surface area contributed by atoms with Crippen molar-refractivity contribution in [2.75, 3.05) is 13.1 Å². The maximum absolute atomic E-state index is 12.7. The number of hydrogen-bond donors (Lipinski definition) is 0. The zero-order chi connectivity index (χ0) is 14.2. The van der Waals surface area contributed by atoms with Crippen LogP contribution >= 0.6 is 0 Å². The minimum atomic E-state index is -3.33. The zero-order valence-electron chi connectivity index (χ0n) is 12.2. The summed E-state index contributed by atoms with van der Waals surface area (Å²) in [6, 6.07) is 5.40. The number of nitrogens with zero attached hydrogens (tertiary/aromatic N) is 1. The van der Waals surface area contributed by atoms with Crippen LogP contribution in [-0.4, -0.2) is 25.8 Å². The van der Waals surface area contributed by atoms with Crippen molar-refractivity contribution in [1.29, 1.82) is 0 Å². The summed E-state index contributed by atoms with van der Waals surface area (Å²) in [5.74, 6) is 0.871. The fourth-order valence-corrected chi connectivity index (χ4v) is 4.59. The maximum atomic E-state index is 12.7. The molecule has 3 nitrogen and oxygen atoms in total. The first-order chi connectivity index (χ1) is 8.80. The van der Waals surface area contributed by atoms with Gasteiger partial charge in [-0.3, -0.25) is 0 Å². The van der Waals surface area contributed by atoms with Gasteiger partial charge in [0.2, 0.25) is 10.0 Å². The molecular formula is C15H23NO2S. The summed E-state index contributed by atoms with van der Waals surface area (Å²) in [5, 5.41) is 0. The van der Waals surface area contributed by atoms with Crippen molar-refractivity contribution in [3.8, 4) is 0 Å². The van der Waals surface area contributed by atoms with E-state index in [0.29, 0.717) is 29.8 Å². The van der Waals surface area contributed by atoms with Crippen LogP contribution in [-0.2, 0) is 10.0 Å². The second-order valence-corrected chi connectivity index (χ2v) is 7.95. The molecule has 0 unspecified atom stereocenters. The first kappa shape index (κ1) is 14.5. The topological polar surface area (TPSA) is 37.4 Å². The van der Waals surface area contributed by atoms with E-state index >= 15 is 0 Å². The molecule has 0 amide bonds. The predicted molar refractivity (Wildman–Crippen MR) is 77.6 cm³/mol. The van der Waals surface area contributed by atoms with Crippen molar-refractivity contribution in [3.63, 3.8) is 0 Å². The van der Waals surface area contributed by atoms with Crippen LogP contribution in [0.4, 0.5) is 0 Å². The fraction of sp³-hybridized carbons (Fsp3) is 0.600. The summed E-state index contributed by atoms with van der Waals surface area (Å²) < 4.78 is 27.0. The van der Waals surface area contributed by atoms with Crippen LogP contribution in [0.5, 0.6) is 0 Å². The van der Waals surface area contributed by atoms with Crippen molar-refractivity contribution >= 4 is 10.0 Å². The number of sulfonamides is 1. The van der Waals surface area contributed by atoms with E-state index in [1.54, 1.807) is 16.4 Å². The Bertz CT molecular complexity index is 556. The Hall–Kier alpha value is -0.870. The molecule has 0 aliphatic carbocycles. The van der Waals surface area contributed by atoms with Crippen LogP contribution in [0.3, 0.4) is 0 Å². The third kappa shape index (κ3) is 3.00. The molecule has 0 aromatic heterocycles. The van der Waals surface area contributed by atoms with Gasteiger partial charge in [-0.25, -0.2) is 8.42 Å². The average Bonchev–Trinajstić information content (AvgIpc) is 2.31. The Labute approximate surface area is 116 Å². The molecule has 106 valence electrons. The summed E-state index contributed by atoms with van der Waals surface area (Å²) in [6.45, 7) is 9.48. The summed E-state index contributed by atoms with van der Waals surface area (Å²) in [4.78, 5) is 0.428. The molecule has 0 radical (unpaired) electrons. The lowest BCUT2D eigenvalue weighted by atomic mass is 9.94. The molecule has 1 aromatic rings. The van der Waals surface area contributed by atoms with E-state index in [0.717, 1.165) is 17.5 Å². The molecule has 19 heavy (non-hydrogen) atoms. The average molecular weight is 281 g/mol. The Morgan fingerprint density at radius 3 is 2.16 bits per heavy atom. The highest BCUT2D eigenvalue weighted by molar-refractivity contribution is 7.89. The van der Waals surface area contributed by atoms with Gasteiger partial charge in [0.05, 0.1) is 4.90 Å². The molecule has 0 spiro atoms. The fourth-order valence-electron chi connectivity index (χ4n) is 2.83. The summed E-state index contributed by atoms with van der Waals surface area (Å²) >= 11 is 0. The zero-order valence-corrected chi connectivity index (χ0v) is 13.0. The van der Waals surface area contributed by atoms with Crippen molar-refractivity contribution < 1.29 is 8.42 Å². The van der Waals surface area contributed by atoms with E-state index in [-0.39, 0.29) is 0 Å². The van der Waals surface area contributed by atoms with Gasteiger partial charge in [0.1, 0.15) is 0 Å². The standard InChI is InChI=1S/C15H23NO2S/c1-11-7-12(2)10-16(9-11)19(17,18)15-6-5-13(3)14(4)8-15/h5-6,8,11-12H,7,9-10H2,1-4H3/t11-,12-/m1/s1. The lowest BCUT2D eigenvalue weighted by Crippen LogP contribution is -2.42. The molecule has 2 atom stereocenters. The van der Waals surface area contributed by atoms with Crippen LogP contribution in [0.2, 0.25) is 0 Å². The molecule has 1 aromatic carbocycles. The second kappa shape index (κ2) is 5.25. The molecule has 0 saturated carbocycles. The van der Waals surface area contributed by atoms with E-state index in [1.807, 2.05) is 19.9 Å². The van der Waals surface area contributed by atoms with E-state index in [4.69, 9.17) is 0 Å². The molecule has 1 fully saturated rings. The van der Waals surface area contributed by atoms with Gasteiger partial charge in [-0.1, -0.05) is 19.9 Å². The highest BCUT2D eigenvalue weighted by Gasteiger charge is 2.31. The summed E-state index contributed by atoms with van der Waals surface area (Å²) in [6.07, 6.45) is 1.11. The third-order valence-corrected chi connectivity index (χ3v) is 5.78. The van der Waals surface area contributed by atoms with Crippen LogP contribution in [0, 0.1) is 25.7 Å². The van der Waals surface area contributed by atoms with Crippen molar-refractivity contribution in [3.05, 3.63) is 29.3 Å². The van der Waals surface area contributed by atoms with Gasteiger partial charge in [-0.05, 0) is 55.4 Å². The lowest BCUT2D eigenvalue weighted by molar-refractivity contribution is 0.222. The van der Waals surface area contributed by atoms with E-state index in [2.05, 4.69) is 13.8 Å². The Kier molecular flexibility index (Phi) is 4.02. The molecule has 1 saturated heterocycles. The lowest BCUT2D eigenvalue weighted by Gasteiger charge is -2.34. The third-order valence-electron chi connectivity index (χ3n) is 3.95. The maximum Gasteiger partial charge on any atom is 0.243 e. The molecule has 1 aliphatic heterocycles. The van der Waals surface area contributed by atoms with Gasteiger partial charge in [0.25, 0.3) is 0 Å². The van der Waals surface area contributed by atoms with Gasteiger partial charge in [-0.15, -0.1) is 0 Å². The van der Waals surface area contributed by atoms with Crippen LogP contribution in [0.15, 0.2) is 23.1 Å². The van der Waals surface area contributed by atoms with Crippen LogP contribution < -0.4 is 0 Å². The molecule has 1 heterocycles. The van der Waals surface area contributed by atoms with Gasteiger partial charge in [0.15, 0.2) is 0 Å². The summed E-state index contributed by atoms with van der Waals surface area (Å²) in [5.41, 5.74) is 2.15. The van der Waals surface area contributed by atoms with Gasteiger partial charge < -0.3 is 0 Å². The van der Waals surface area contributed by atoms with Crippen molar-refractivity contribution in [2.24, 2.45) is 11.8 Å². The van der Waals surface area contributed by atoms with Crippen LogP contribution in [0.1, 0.15) is 31.4 Å². The first-order valence-electron chi connectivity index (χ1n) is 6.88. The van der Waals surface area contributed by atoms with Crippen LogP contribution in [0.25, 0.3) is 0 Å². The molecule has 4 heteroatoms. The van der Waals surface area contributed by atoms with Gasteiger partial charge in [0, 0.05) is 13.1 Å². The highest BCUT2D eigenvalue weighted by atomic mass is 32.2. The quantitative estimate of drug-likeness (QED) is 0.835. The van der Waals surface area contributed by atoms with Crippen molar-refractivity contribution in [1.82, 2.24) is 4.31 Å². The molecule has 0 N–H and O–H groups in total. The summed E-state index contributed by atoms with van der Waals surface area (Å²) in [7, 11) is -3.33. The number of piperidine rings is 1. The van der Waals surface area contributed by atoms with E-state index in [9.17, 15) is 8.42 Å². The largest absolute Gasteiger partial charge is 0.243 e. The minimum absolute atomic E-state index is 0.428. The Morgan fingerprint density at radius 1 is 1.05 bits per heavy atom. The van der Waals surface area contributed by atoms with E-state index in [1.165, 1.54) is 0 Å². The Morgan fingerprint density at radius 2 is 1.63 bits per heavy atom. The van der Waals surface area contributed by atoms with E-state index < -0.39 is 10.0 Å². The highest BCUT2D eigenvalue weighted by Crippen LogP contribution is 2.27. The number of benzene rings is 1. The number of rotatable bonds is 2. The number of hydrogen-bond acceptors (Lipinski definition) is 2. The molecule has 0 bridgehead atoms. The minimum Gasteiger partial charge on any atom is -0.207 e. The molecular weight excluding hydrogens is 258 g/mol. The van der Waals surface area contributed by atoms with Gasteiger partial charge >= 0.3 is 0 Å². The monoisotopic (exact) mass is 281 g/mol. The predicted octanol–water partition coefficient (Wildman–Crippen LogP) is 2.97. The SMILES string of the molecule is Cc1ccc(S(=O)(=O)N2C[C@H](C)C[C@@H](C)C2)cc1C. The first-order valence-corrected chi connectivity index (χ1v) is 8.32. The normalized spacial score (nSPS) is 25.5. The second-order valence-electron chi connectivity index (χ2n) is 6.01. The Balaban J connectivity index is 2.33. The molecule has 2 rings (SSSR count).